The molecule has 0 aromatic heterocycles. The highest BCUT2D eigenvalue weighted by molar-refractivity contribution is 5.80. The zero-order valence-corrected chi connectivity index (χ0v) is 14.1. The molecule has 0 saturated carbocycles. The van der Waals surface area contributed by atoms with Crippen LogP contribution >= 0.6 is 0 Å². The van der Waals surface area contributed by atoms with Gasteiger partial charge in [0.15, 0.2) is 0 Å². The lowest BCUT2D eigenvalue weighted by atomic mass is 9.92. The van der Waals surface area contributed by atoms with Crippen molar-refractivity contribution in [3.8, 4) is 0 Å². The molecule has 0 aliphatic heterocycles. The number of hydrogen-bond acceptors (Lipinski definition) is 4. The minimum atomic E-state index is -0.549. The maximum absolute atomic E-state index is 12.2. The third-order valence-electron chi connectivity index (χ3n) is 3.14. The van der Waals surface area contributed by atoms with E-state index in [1.807, 2.05) is 65.0 Å². The fourth-order valence-corrected chi connectivity index (χ4v) is 1.99. The Morgan fingerprint density at radius 3 is 2.18 bits per heavy atom. The highest BCUT2D eigenvalue weighted by atomic mass is 16.6. The number of carbonyl (C=O) groups is 2. The summed E-state index contributed by atoms with van der Waals surface area (Å²) in [5.74, 6) is -1.21. The van der Waals surface area contributed by atoms with Gasteiger partial charge in [0.05, 0.1) is 12.3 Å². The second kappa shape index (κ2) is 7.97. The monoisotopic (exact) mass is 306 g/mol. The molecule has 1 rings (SSSR count). The highest BCUT2D eigenvalue weighted by Crippen LogP contribution is 2.20. The number of rotatable bonds is 6. The second-order valence-electron chi connectivity index (χ2n) is 6.73. The van der Waals surface area contributed by atoms with Crippen LogP contribution in [0, 0.1) is 11.8 Å². The van der Waals surface area contributed by atoms with Gasteiger partial charge in [0.25, 0.3) is 0 Å². The van der Waals surface area contributed by atoms with Crippen molar-refractivity contribution >= 4 is 11.9 Å². The quantitative estimate of drug-likeness (QED) is 0.751. The summed E-state index contributed by atoms with van der Waals surface area (Å²) < 4.78 is 10.6. The van der Waals surface area contributed by atoms with Crippen LogP contribution in [0.1, 0.15) is 46.6 Å². The van der Waals surface area contributed by atoms with E-state index in [1.165, 1.54) is 0 Å². The first-order chi connectivity index (χ1) is 10.2. The summed E-state index contributed by atoms with van der Waals surface area (Å²) in [6, 6.07) is 9.48. The van der Waals surface area contributed by atoms with E-state index in [1.54, 1.807) is 0 Å². The van der Waals surface area contributed by atoms with Crippen LogP contribution in [-0.2, 0) is 25.7 Å². The van der Waals surface area contributed by atoms with Gasteiger partial charge >= 0.3 is 11.9 Å². The molecule has 1 unspecified atom stereocenters. The predicted octanol–water partition coefficient (Wildman–Crippen LogP) is 3.73. The third kappa shape index (κ3) is 6.74. The summed E-state index contributed by atoms with van der Waals surface area (Å²) in [4.78, 5) is 24.2. The molecule has 0 amide bonds. The van der Waals surface area contributed by atoms with E-state index in [9.17, 15) is 9.59 Å². The van der Waals surface area contributed by atoms with Gasteiger partial charge in [0.1, 0.15) is 12.2 Å². The van der Waals surface area contributed by atoms with E-state index >= 15 is 0 Å². The number of carbonyl (C=O) groups excluding carboxylic acids is 2. The Balaban J connectivity index is 2.58. The maximum atomic E-state index is 12.2. The molecule has 0 radical (unpaired) electrons. The van der Waals surface area contributed by atoms with Gasteiger partial charge in [-0.05, 0) is 32.3 Å². The van der Waals surface area contributed by atoms with E-state index < -0.39 is 11.5 Å². The molecule has 0 N–H and O–H groups in total. The Morgan fingerprint density at radius 2 is 1.68 bits per heavy atom. The molecule has 22 heavy (non-hydrogen) atoms. The number of hydrogen-bond donors (Lipinski definition) is 0. The van der Waals surface area contributed by atoms with Crippen LogP contribution in [0.4, 0.5) is 0 Å². The lowest BCUT2D eigenvalue weighted by Crippen LogP contribution is -2.30. The second-order valence-corrected chi connectivity index (χ2v) is 6.73. The summed E-state index contributed by atoms with van der Waals surface area (Å²) in [6.07, 6.45) is 0.0442. The molecule has 0 fully saturated rings. The normalized spacial score (nSPS) is 12.8. The van der Waals surface area contributed by atoms with Crippen molar-refractivity contribution in [3.63, 3.8) is 0 Å². The lowest BCUT2D eigenvalue weighted by molar-refractivity contribution is -0.163. The van der Waals surface area contributed by atoms with Gasteiger partial charge in [-0.1, -0.05) is 44.2 Å². The van der Waals surface area contributed by atoms with Gasteiger partial charge in [0.2, 0.25) is 0 Å². The minimum absolute atomic E-state index is 0.00999. The molecule has 122 valence electrons. The SMILES string of the molecule is CC(C)C(CC(=O)OC(C)(C)C)C(=O)OCc1ccccc1. The van der Waals surface area contributed by atoms with Crippen LogP contribution in [-0.4, -0.2) is 17.5 Å². The summed E-state index contributed by atoms with van der Waals surface area (Å²) >= 11 is 0. The smallest absolute Gasteiger partial charge is 0.310 e. The van der Waals surface area contributed by atoms with Crippen molar-refractivity contribution in [2.75, 3.05) is 0 Å². The lowest BCUT2D eigenvalue weighted by Gasteiger charge is -2.23. The zero-order chi connectivity index (χ0) is 16.8. The molecule has 0 heterocycles. The van der Waals surface area contributed by atoms with Crippen LogP contribution in [0.3, 0.4) is 0 Å². The van der Waals surface area contributed by atoms with Gasteiger partial charge in [-0.15, -0.1) is 0 Å². The van der Waals surface area contributed by atoms with Crippen molar-refractivity contribution in [1.82, 2.24) is 0 Å². The minimum Gasteiger partial charge on any atom is -0.461 e. The standard InChI is InChI=1S/C18H26O4/c1-13(2)15(11-16(19)22-18(3,4)5)17(20)21-12-14-9-7-6-8-10-14/h6-10,13,15H,11-12H2,1-5H3. The van der Waals surface area contributed by atoms with Gasteiger partial charge < -0.3 is 9.47 Å². The van der Waals surface area contributed by atoms with E-state index in [0.717, 1.165) is 5.56 Å². The van der Waals surface area contributed by atoms with Crippen molar-refractivity contribution in [3.05, 3.63) is 35.9 Å². The molecule has 1 atom stereocenters. The van der Waals surface area contributed by atoms with Crippen molar-refractivity contribution in [2.24, 2.45) is 11.8 Å². The van der Waals surface area contributed by atoms with Crippen LogP contribution in [0.25, 0.3) is 0 Å². The molecule has 1 aromatic carbocycles. The first-order valence-corrected chi connectivity index (χ1v) is 7.61. The van der Waals surface area contributed by atoms with Crippen LogP contribution in [0.5, 0.6) is 0 Å². The van der Waals surface area contributed by atoms with Gasteiger partial charge in [-0.2, -0.15) is 0 Å². The Labute approximate surface area is 132 Å². The molecule has 0 saturated heterocycles. The fourth-order valence-electron chi connectivity index (χ4n) is 1.99. The molecular weight excluding hydrogens is 280 g/mol. The average Bonchev–Trinajstić information content (AvgIpc) is 2.41. The number of benzene rings is 1. The summed E-state index contributed by atoms with van der Waals surface area (Å²) in [6.45, 7) is 9.45. The van der Waals surface area contributed by atoms with E-state index in [4.69, 9.17) is 9.47 Å². The Morgan fingerprint density at radius 1 is 1.09 bits per heavy atom. The summed E-state index contributed by atoms with van der Waals surface area (Å²) in [7, 11) is 0. The first-order valence-electron chi connectivity index (χ1n) is 7.61. The molecule has 4 heteroatoms. The third-order valence-corrected chi connectivity index (χ3v) is 3.14. The van der Waals surface area contributed by atoms with Crippen LogP contribution in [0.2, 0.25) is 0 Å². The number of ether oxygens (including phenoxy) is 2. The molecule has 0 aliphatic carbocycles. The van der Waals surface area contributed by atoms with E-state index in [2.05, 4.69) is 0 Å². The van der Waals surface area contributed by atoms with Crippen molar-refractivity contribution in [2.45, 2.75) is 53.2 Å². The topological polar surface area (TPSA) is 52.6 Å². The maximum Gasteiger partial charge on any atom is 0.310 e. The Hall–Kier alpha value is -1.84. The molecule has 0 spiro atoms. The largest absolute Gasteiger partial charge is 0.461 e. The molecule has 1 aromatic rings. The van der Waals surface area contributed by atoms with Crippen molar-refractivity contribution < 1.29 is 19.1 Å². The first kappa shape index (κ1) is 18.2. The molecule has 0 aliphatic rings. The van der Waals surface area contributed by atoms with Gasteiger partial charge in [-0.3, -0.25) is 9.59 Å². The highest BCUT2D eigenvalue weighted by Gasteiger charge is 2.29. The Kier molecular flexibility index (Phi) is 6.60. The van der Waals surface area contributed by atoms with E-state index in [-0.39, 0.29) is 30.9 Å². The van der Waals surface area contributed by atoms with Crippen molar-refractivity contribution in [1.29, 1.82) is 0 Å². The Bertz CT molecular complexity index is 486. The van der Waals surface area contributed by atoms with Crippen LogP contribution in [0.15, 0.2) is 30.3 Å². The fraction of sp³-hybridized carbons (Fsp3) is 0.556. The van der Waals surface area contributed by atoms with Crippen LogP contribution < -0.4 is 0 Å². The van der Waals surface area contributed by atoms with Gasteiger partial charge in [0, 0.05) is 0 Å². The molecule has 4 nitrogen and oxygen atoms in total. The van der Waals surface area contributed by atoms with Gasteiger partial charge in [-0.25, -0.2) is 0 Å². The summed E-state index contributed by atoms with van der Waals surface area (Å²) in [5.41, 5.74) is 0.377. The number of esters is 2. The molecule has 0 bridgehead atoms. The predicted molar refractivity (Wildman–Crippen MR) is 85.0 cm³/mol. The summed E-state index contributed by atoms with van der Waals surface area (Å²) in [5, 5.41) is 0. The average molecular weight is 306 g/mol. The zero-order valence-electron chi connectivity index (χ0n) is 14.1. The van der Waals surface area contributed by atoms with E-state index in [0.29, 0.717) is 0 Å². The molecular formula is C18H26O4.